The lowest BCUT2D eigenvalue weighted by atomic mass is 9.66. The molecule has 3 aliphatic rings. The van der Waals surface area contributed by atoms with Gasteiger partial charge in [0.05, 0.1) is 11.4 Å². The van der Waals surface area contributed by atoms with Gasteiger partial charge in [-0.2, -0.15) is 0 Å². The van der Waals surface area contributed by atoms with Crippen molar-refractivity contribution in [2.24, 2.45) is 5.92 Å². The summed E-state index contributed by atoms with van der Waals surface area (Å²) in [6.45, 7) is 2.38. The Kier molecular flexibility index (Phi) is 1.91. The van der Waals surface area contributed by atoms with Crippen LogP contribution in [0, 0.1) is 5.92 Å². The van der Waals surface area contributed by atoms with Gasteiger partial charge in [0.2, 0.25) is 0 Å². The van der Waals surface area contributed by atoms with E-state index in [1.165, 1.54) is 22.6 Å². The van der Waals surface area contributed by atoms with E-state index in [0.717, 1.165) is 0 Å². The smallest absolute Gasteiger partial charge is 0.122 e. The van der Waals surface area contributed by atoms with Crippen molar-refractivity contribution in [2.45, 2.75) is 18.5 Å². The fourth-order valence-electron chi connectivity index (χ4n) is 4.45. The first-order valence-electron chi connectivity index (χ1n) is 7.63. The second-order valence-electron chi connectivity index (χ2n) is 6.47. The Morgan fingerprint density at radius 2 is 1.52 bits per heavy atom. The fraction of sp³-hybridized carbons (Fsp3) is 0.263. The highest BCUT2D eigenvalue weighted by molar-refractivity contribution is 5.88. The van der Waals surface area contributed by atoms with Crippen molar-refractivity contribution in [1.29, 1.82) is 0 Å². The molecule has 1 unspecified atom stereocenters. The lowest BCUT2D eigenvalue weighted by molar-refractivity contribution is 0.292. The van der Waals surface area contributed by atoms with Gasteiger partial charge in [0.1, 0.15) is 5.66 Å². The molecule has 0 saturated carbocycles. The predicted molar refractivity (Wildman–Crippen MR) is 87.2 cm³/mol. The molecule has 0 bridgehead atoms. The molecule has 3 atom stereocenters. The maximum atomic E-state index is 2.54. The number of hydrogen-bond donors (Lipinski definition) is 0. The van der Waals surface area contributed by atoms with Crippen LogP contribution < -0.4 is 9.80 Å². The van der Waals surface area contributed by atoms with Crippen LogP contribution in [0.15, 0.2) is 60.7 Å². The van der Waals surface area contributed by atoms with Crippen LogP contribution in [-0.4, -0.2) is 12.7 Å². The molecule has 0 spiro atoms. The molecule has 1 aliphatic carbocycles. The van der Waals surface area contributed by atoms with Gasteiger partial charge in [-0.3, -0.25) is 0 Å². The molecule has 5 rings (SSSR count). The van der Waals surface area contributed by atoms with Crippen LogP contribution in [0.4, 0.5) is 17.1 Å². The normalized spacial score (nSPS) is 31.1. The zero-order chi connectivity index (χ0) is 14.2. The van der Waals surface area contributed by atoms with E-state index >= 15 is 0 Å². The van der Waals surface area contributed by atoms with Gasteiger partial charge >= 0.3 is 0 Å². The molecule has 2 aromatic rings. The van der Waals surface area contributed by atoms with E-state index in [-0.39, 0.29) is 5.66 Å². The summed E-state index contributed by atoms with van der Waals surface area (Å²) in [4.78, 5) is 5.00. The van der Waals surface area contributed by atoms with E-state index in [4.69, 9.17) is 0 Å². The second-order valence-corrected chi connectivity index (χ2v) is 6.47. The molecule has 0 amide bonds. The van der Waals surface area contributed by atoms with E-state index in [1.54, 1.807) is 0 Å². The molecular formula is C19H18N2. The number of nitrogens with zero attached hydrogens (tertiary/aromatic N) is 2. The van der Waals surface area contributed by atoms with Crippen molar-refractivity contribution >= 4 is 17.1 Å². The summed E-state index contributed by atoms with van der Waals surface area (Å²) in [7, 11) is 2.23. The summed E-state index contributed by atoms with van der Waals surface area (Å²) in [5.41, 5.74) is 5.48. The van der Waals surface area contributed by atoms with Crippen LogP contribution in [-0.2, 0) is 0 Å². The van der Waals surface area contributed by atoms with Gasteiger partial charge in [0, 0.05) is 24.6 Å². The summed E-state index contributed by atoms with van der Waals surface area (Å²) in [6.07, 6.45) is 4.75. The van der Waals surface area contributed by atoms with E-state index in [0.29, 0.717) is 11.8 Å². The molecule has 2 aromatic carbocycles. The largest absolute Gasteiger partial charge is 0.349 e. The summed E-state index contributed by atoms with van der Waals surface area (Å²) in [5.74, 6) is 1.10. The number of allylic oxidation sites excluding steroid dienone is 1. The Bertz CT molecular complexity index is 779. The molecular weight excluding hydrogens is 256 g/mol. The minimum absolute atomic E-state index is 0.00252. The Morgan fingerprint density at radius 1 is 0.857 bits per heavy atom. The van der Waals surface area contributed by atoms with Gasteiger partial charge < -0.3 is 9.80 Å². The maximum absolute atomic E-state index is 2.54. The Labute approximate surface area is 125 Å². The van der Waals surface area contributed by atoms with Gasteiger partial charge in [-0.1, -0.05) is 42.5 Å². The zero-order valence-electron chi connectivity index (χ0n) is 12.3. The van der Waals surface area contributed by atoms with Gasteiger partial charge in [0.15, 0.2) is 0 Å². The monoisotopic (exact) mass is 274 g/mol. The third-order valence-electron chi connectivity index (χ3n) is 5.70. The van der Waals surface area contributed by atoms with Crippen LogP contribution in [0.5, 0.6) is 0 Å². The van der Waals surface area contributed by atoms with E-state index < -0.39 is 0 Å². The molecule has 0 radical (unpaired) electrons. The molecule has 2 aliphatic heterocycles. The molecule has 0 aromatic heterocycles. The Hall–Kier alpha value is -2.22. The van der Waals surface area contributed by atoms with Crippen LogP contribution >= 0.6 is 0 Å². The summed E-state index contributed by atoms with van der Waals surface area (Å²) >= 11 is 0. The van der Waals surface area contributed by atoms with Crippen molar-refractivity contribution in [3.63, 3.8) is 0 Å². The minimum atomic E-state index is -0.00252. The van der Waals surface area contributed by atoms with Crippen molar-refractivity contribution in [3.05, 3.63) is 66.2 Å². The number of anilines is 3. The first-order chi connectivity index (χ1) is 10.2. The first-order valence-corrected chi connectivity index (χ1v) is 7.63. The number of fused-ring (bicyclic) bond motifs is 8. The quantitative estimate of drug-likeness (QED) is 0.662. The van der Waals surface area contributed by atoms with Crippen molar-refractivity contribution in [1.82, 2.24) is 0 Å². The third-order valence-corrected chi connectivity index (χ3v) is 5.70. The standard InChI is InChI=1S/C19H18N2/c1-19-15-12-11-13(15)14-7-3-4-8-16(14)21(19)18-10-6-5-9-17(18)20(19)2/h3-13,15H,1-2H3/t13?,15-,19-/m1/s1. The lowest BCUT2D eigenvalue weighted by Gasteiger charge is -2.55. The number of benzene rings is 2. The van der Waals surface area contributed by atoms with Crippen LogP contribution in [0.3, 0.4) is 0 Å². The van der Waals surface area contributed by atoms with Gasteiger partial charge in [-0.05, 0) is 30.7 Å². The average Bonchev–Trinajstić information content (AvgIpc) is 2.68. The van der Waals surface area contributed by atoms with Crippen LogP contribution in [0.2, 0.25) is 0 Å². The van der Waals surface area contributed by atoms with E-state index in [2.05, 4.69) is 84.5 Å². The molecule has 0 fully saturated rings. The van der Waals surface area contributed by atoms with Gasteiger partial charge in [0.25, 0.3) is 0 Å². The molecule has 104 valence electrons. The van der Waals surface area contributed by atoms with Gasteiger partial charge in [-0.25, -0.2) is 0 Å². The highest BCUT2D eigenvalue weighted by Gasteiger charge is 2.57. The Balaban J connectivity index is 1.85. The van der Waals surface area contributed by atoms with E-state index in [9.17, 15) is 0 Å². The van der Waals surface area contributed by atoms with Crippen molar-refractivity contribution < 1.29 is 0 Å². The maximum Gasteiger partial charge on any atom is 0.122 e. The third kappa shape index (κ3) is 1.12. The SMILES string of the molecule is CN1c2ccccc2N2c3ccccc3C3C=C[C@H]3[C@]12C. The number of hydrogen-bond acceptors (Lipinski definition) is 2. The van der Waals surface area contributed by atoms with Gasteiger partial charge in [-0.15, -0.1) is 0 Å². The fourth-order valence-corrected chi connectivity index (χ4v) is 4.45. The average molecular weight is 274 g/mol. The first kappa shape index (κ1) is 11.4. The highest BCUT2D eigenvalue weighted by Crippen LogP contribution is 2.61. The van der Waals surface area contributed by atoms with Crippen molar-refractivity contribution in [3.8, 4) is 0 Å². The lowest BCUT2D eigenvalue weighted by Crippen LogP contribution is -2.61. The molecule has 21 heavy (non-hydrogen) atoms. The molecule has 2 nitrogen and oxygen atoms in total. The van der Waals surface area contributed by atoms with Crippen LogP contribution in [0.25, 0.3) is 0 Å². The predicted octanol–water partition coefficient (Wildman–Crippen LogP) is 4.27. The highest BCUT2D eigenvalue weighted by atomic mass is 15.5. The second kappa shape index (κ2) is 3.51. The minimum Gasteiger partial charge on any atom is -0.349 e. The molecule has 0 saturated heterocycles. The summed E-state index contributed by atoms with van der Waals surface area (Å²) < 4.78 is 0. The number of rotatable bonds is 0. The topological polar surface area (TPSA) is 6.48 Å². The number of para-hydroxylation sites is 3. The molecule has 2 heteroatoms. The van der Waals surface area contributed by atoms with Crippen molar-refractivity contribution in [2.75, 3.05) is 16.8 Å². The summed E-state index contributed by atoms with van der Waals surface area (Å²) in [5, 5.41) is 0. The molecule has 0 N–H and O–H groups in total. The van der Waals surface area contributed by atoms with E-state index in [1.807, 2.05) is 0 Å². The summed E-state index contributed by atoms with van der Waals surface area (Å²) in [6, 6.07) is 17.6. The zero-order valence-corrected chi connectivity index (χ0v) is 12.3. The molecule has 2 heterocycles. The van der Waals surface area contributed by atoms with Crippen LogP contribution in [0.1, 0.15) is 18.4 Å². The Morgan fingerprint density at radius 3 is 2.24 bits per heavy atom.